The van der Waals surface area contributed by atoms with Gasteiger partial charge in [-0.2, -0.15) is 0 Å². The van der Waals surface area contributed by atoms with Crippen LogP contribution in [0.25, 0.3) is 0 Å². The number of amidine groups is 1. The molecule has 92 valence electrons. The summed E-state index contributed by atoms with van der Waals surface area (Å²) in [5, 5.41) is 11.7. The average molecular weight is 237 g/mol. The van der Waals surface area contributed by atoms with Gasteiger partial charge in [-0.25, -0.2) is 0 Å². The number of rotatable bonds is 2. The third-order valence-corrected chi connectivity index (χ3v) is 2.99. The summed E-state index contributed by atoms with van der Waals surface area (Å²) < 4.78 is 4.89. The van der Waals surface area contributed by atoms with Gasteiger partial charge in [-0.05, 0) is 25.3 Å². The van der Waals surface area contributed by atoms with Crippen molar-refractivity contribution >= 4 is 11.7 Å². The van der Waals surface area contributed by atoms with Crippen LogP contribution in [0.4, 0.5) is 0 Å². The maximum absolute atomic E-state index is 12.2. The third kappa shape index (κ3) is 2.25. The molecule has 1 aromatic heterocycles. The highest BCUT2D eigenvalue weighted by molar-refractivity contribution is 5.98. The molecule has 1 aliphatic rings. The van der Waals surface area contributed by atoms with Gasteiger partial charge in [0.2, 0.25) is 0 Å². The number of nitrogens with two attached hydrogens (primary N) is 1. The van der Waals surface area contributed by atoms with Crippen LogP contribution < -0.4 is 5.73 Å². The molecular formula is C11H15N3O3. The minimum atomic E-state index is -0.323. The maximum Gasteiger partial charge on any atom is 0.257 e. The Labute approximate surface area is 98.7 Å². The SMILES string of the molecule is NC(=NO)C1CCCCN1C(=O)c1ccoc1. The number of hydrogen-bond donors (Lipinski definition) is 2. The normalized spacial score (nSPS) is 21.5. The highest BCUT2D eigenvalue weighted by Gasteiger charge is 2.30. The zero-order valence-electron chi connectivity index (χ0n) is 9.37. The first-order chi connectivity index (χ1) is 8.24. The van der Waals surface area contributed by atoms with Crippen molar-refractivity contribution in [3.63, 3.8) is 0 Å². The summed E-state index contributed by atoms with van der Waals surface area (Å²) in [6.07, 6.45) is 5.48. The summed E-state index contributed by atoms with van der Waals surface area (Å²) in [6, 6.07) is 1.29. The lowest BCUT2D eigenvalue weighted by Gasteiger charge is -2.34. The molecule has 6 heteroatoms. The van der Waals surface area contributed by atoms with E-state index in [9.17, 15) is 4.79 Å². The first-order valence-electron chi connectivity index (χ1n) is 5.54. The predicted octanol–water partition coefficient (Wildman–Crippen LogP) is 1.02. The number of oxime groups is 1. The molecule has 1 aromatic rings. The van der Waals surface area contributed by atoms with Crippen LogP contribution in [0.3, 0.4) is 0 Å². The number of likely N-dealkylation sites (tertiary alicyclic amines) is 1. The van der Waals surface area contributed by atoms with Gasteiger partial charge in [0.05, 0.1) is 17.9 Å². The molecule has 1 fully saturated rings. The quantitative estimate of drug-likeness (QED) is 0.347. The van der Waals surface area contributed by atoms with Crippen LogP contribution in [0.2, 0.25) is 0 Å². The second-order valence-electron chi connectivity index (χ2n) is 4.05. The topological polar surface area (TPSA) is 92.1 Å². The van der Waals surface area contributed by atoms with Crippen molar-refractivity contribution < 1.29 is 14.4 Å². The lowest BCUT2D eigenvalue weighted by Crippen LogP contribution is -2.50. The van der Waals surface area contributed by atoms with Crippen LogP contribution >= 0.6 is 0 Å². The number of furan rings is 1. The van der Waals surface area contributed by atoms with Crippen molar-refractivity contribution in [3.05, 3.63) is 24.2 Å². The van der Waals surface area contributed by atoms with E-state index in [-0.39, 0.29) is 17.8 Å². The summed E-state index contributed by atoms with van der Waals surface area (Å²) >= 11 is 0. The molecule has 1 aliphatic heterocycles. The van der Waals surface area contributed by atoms with E-state index in [1.165, 1.54) is 12.5 Å². The second-order valence-corrected chi connectivity index (χ2v) is 4.05. The number of amides is 1. The number of carbonyl (C=O) groups excluding carboxylic acids is 1. The molecular weight excluding hydrogens is 222 g/mol. The summed E-state index contributed by atoms with van der Waals surface area (Å²) in [4.78, 5) is 13.8. The van der Waals surface area contributed by atoms with E-state index in [0.29, 0.717) is 12.1 Å². The average Bonchev–Trinajstić information content (AvgIpc) is 2.91. The Kier molecular flexibility index (Phi) is 3.32. The zero-order valence-corrected chi connectivity index (χ0v) is 9.37. The number of nitrogens with zero attached hydrogens (tertiary/aromatic N) is 2. The Bertz CT molecular complexity index is 414. The van der Waals surface area contributed by atoms with E-state index in [4.69, 9.17) is 15.4 Å². The first kappa shape index (κ1) is 11.5. The van der Waals surface area contributed by atoms with Crippen molar-refractivity contribution in [2.45, 2.75) is 25.3 Å². The van der Waals surface area contributed by atoms with Gasteiger partial charge in [-0.15, -0.1) is 0 Å². The highest BCUT2D eigenvalue weighted by Crippen LogP contribution is 2.20. The molecule has 1 saturated heterocycles. The van der Waals surface area contributed by atoms with Crippen molar-refractivity contribution in [2.75, 3.05) is 6.54 Å². The van der Waals surface area contributed by atoms with Crippen molar-refractivity contribution in [1.82, 2.24) is 4.90 Å². The Morgan fingerprint density at radius 2 is 2.41 bits per heavy atom. The predicted molar refractivity (Wildman–Crippen MR) is 60.8 cm³/mol. The molecule has 1 amide bonds. The maximum atomic E-state index is 12.2. The standard InChI is InChI=1S/C11H15N3O3/c12-10(13-16)9-3-1-2-5-14(9)11(15)8-4-6-17-7-8/h4,6-7,9,16H,1-3,5H2,(H2,12,13). The van der Waals surface area contributed by atoms with Crippen LogP contribution in [0.1, 0.15) is 29.6 Å². The molecule has 0 aliphatic carbocycles. The van der Waals surface area contributed by atoms with Gasteiger partial charge in [-0.1, -0.05) is 5.16 Å². The second kappa shape index (κ2) is 4.90. The van der Waals surface area contributed by atoms with Crippen molar-refractivity contribution in [1.29, 1.82) is 0 Å². The third-order valence-electron chi connectivity index (χ3n) is 2.99. The molecule has 0 spiro atoms. The number of carbonyl (C=O) groups is 1. The van der Waals surface area contributed by atoms with Gasteiger partial charge in [0.25, 0.3) is 5.91 Å². The van der Waals surface area contributed by atoms with Crippen molar-refractivity contribution in [3.8, 4) is 0 Å². The van der Waals surface area contributed by atoms with Gasteiger partial charge >= 0.3 is 0 Å². The summed E-state index contributed by atoms with van der Waals surface area (Å²) in [5.41, 5.74) is 6.10. The van der Waals surface area contributed by atoms with E-state index in [1.54, 1.807) is 11.0 Å². The van der Waals surface area contributed by atoms with E-state index < -0.39 is 0 Å². The summed E-state index contributed by atoms with van der Waals surface area (Å²) in [7, 11) is 0. The number of hydrogen-bond acceptors (Lipinski definition) is 4. The summed E-state index contributed by atoms with van der Waals surface area (Å²) in [5.74, 6) is -0.0587. The lowest BCUT2D eigenvalue weighted by molar-refractivity contribution is 0.0676. The van der Waals surface area contributed by atoms with Gasteiger partial charge < -0.3 is 20.3 Å². The van der Waals surface area contributed by atoms with Crippen LogP contribution in [0, 0.1) is 0 Å². The summed E-state index contributed by atoms with van der Waals surface area (Å²) in [6.45, 7) is 0.616. The molecule has 0 bridgehead atoms. The first-order valence-corrected chi connectivity index (χ1v) is 5.54. The smallest absolute Gasteiger partial charge is 0.257 e. The van der Waals surface area contributed by atoms with Gasteiger partial charge in [0.15, 0.2) is 5.84 Å². The monoisotopic (exact) mass is 237 g/mol. The molecule has 3 N–H and O–H groups in total. The van der Waals surface area contributed by atoms with Crippen LogP contribution in [0.15, 0.2) is 28.2 Å². The Balaban J connectivity index is 2.19. The number of piperidine rings is 1. The molecule has 1 atom stereocenters. The van der Waals surface area contributed by atoms with Gasteiger partial charge in [0.1, 0.15) is 6.26 Å². The fourth-order valence-electron chi connectivity index (χ4n) is 2.10. The van der Waals surface area contributed by atoms with Gasteiger partial charge in [0, 0.05) is 6.54 Å². The molecule has 0 radical (unpaired) electrons. The molecule has 2 heterocycles. The molecule has 2 rings (SSSR count). The molecule has 6 nitrogen and oxygen atoms in total. The van der Waals surface area contributed by atoms with E-state index in [1.807, 2.05) is 0 Å². The zero-order chi connectivity index (χ0) is 12.3. The fourth-order valence-corrected chi connectivity index (χ4v) is 2.10. The van der Waals surface area contributed by atoms with Crippen LogP contribution in [-0.4, -0.2) is 34.4 Å². The van der Waals surface area contributed by atoms with Crippen LogP contribution in [-0.2, 0) is 0 Å². The molecule has 17 heavy (non-hydrogen) atoms. The molecule has 0 aromatic carbocycles. The lowest BCUT2D eigenvalue weighted by atomic mass is 10.0. The van der Waals surface area contributed by atoms with Gasteiger partial charge in [-0.3, -0.25) is 4.79 Å². The minimum Gasteiger partial charge on any atom is -0.472 e. The fraction of sp³-hybridized carbons (Fsp3) is 0.455. The van der Waals surface area contributed by atoms with E-state index >= 15 is 0 Å². The van der Waals surface area contributed by atoms with Crippen molar-refractivity contribution in [2.24, 2.45) is 10.9 Å². The Hall–Kier alpha value is -1.98. The largest absolute Gasteiger partial charge is 0.472 e. The highest BCUT2D eigenvalue weighted by atomic mass is 16.4. The van der Waals surface area contributed by atoms with E-state index in [2.05, 4.69) is 5.16 Å². The minimum absolute atomic E-state index is 0.0848. The van der Waals surface area contributed by atoms with Crippen LogP contribution in [0.5, 0.6) is 0 Å². The Morgan fingerprint density at radius 1 is 1.59 bits per heavy atom. The Morgan fingerprint density at radius 3 is 3.06 bits per heavy atom. The molecule has 1 unspecified atom stereocenters. The van der Waals surface area contributed by atoms with E-state index in [0.717, 1.165) is 19.3 Å². The molecule has 0 saturated carbocycles.